The number of hydrogen-bond donors (Lipinski definition) is 1. The highest BCUT2D eigenvalue weighted by atomic mass is 32.2. The van der Waals surface area contributed by atoms with E-state index in [1.165, 1.54) is 4.90 Å². The minimum atomic E-state index is -4.31. The molecule has 21 heavy (non-hydrogen) atoms. The first-order valence-corrected chi connectivity index (χ1v) is 8.13. The molecule has 4 nitrogen and oxygen atoms in total. The van der Waals surface area contributed by atoms with Gasteiger partial charge < -0.3 is 10.2 Å². The zero-order valence-corrected chi connectivity index (χ0v) is 12.6. The third-order valence-corrected chi connectivity index (χ3v) is 4.46. The lowest BCUT2D eigenvalue weighted by molar-refractivity contribution is -0.150. The van der Waals surface area contributed by atoms with Crippen LogP contribution in [0.1, 0.15) is 32.6 Å². The summed E-state index contributed by atoms with van der Waals surface area (Å²) in [6.07, 6.45) is 2.96. The SMILES string of the molecule is CCCC1NC(=O)C(C2CC2)N(CCSC(F)(F)F)C1=O. The molecule has 1 N–H and O–H groups in total. The lowest BCUT2D eigenvalue weighted by Gasteiger charge is -2.39. The molecule has 2 atom stereocenters. The van der Waals surface area contributed by atoms with E-state index in [1.54, 1.807) is 0 Å². The van der Waals surface area contributed by atoms with Crippen molar-refractivity contribution in [1.82, 2.24) is 10.2 Å². The molecule has 120 valence electrons. The van der Waals surface area contributed by atoms with E-state index in [9.17, 15) is 22.8 Å². The molecule has 1 aliphatic heterocycles. The molecule has 1 saturated heterocycles. The summed E-state index contributed by atoms with van der Waals surface area (Å²) in [5.41, 5.74) is -4.31. The first-order valence-electron chi connectivity index (χ1n) is 7.15. The molecule has 2 rings (SSSR count). The fourth-order valence-electron chi connectivity index (χ4n) is 2.67. The minimum Gasteiger partial charge on any atom is -0.342 e. The van der Waals surface area contributed by atoms with Crippen LogP contribution in [0.5, 0.6) is 0 Å². The average molecular weight is 324 g/mol. The van der Waals surface area contributed by atoms with E-state index in [-0.39, 0.29) is 41.8 Å². The van der Waals surface area contributed by atoms with Gasteiger partial charge in [-0.2, -0.15) is 13.2 Å². The highest BCUT2D eigenvalue weighted by Crippen LogP contribution is 2.38. The molecule has 0 aromatic carbocycles. The van der Waals surface area contributed by atoms with Crippen molar-refractivity contribution in [2.45, 2.75) is 50.2 Å². The molecule has 2 unspecified atom stereocenters. The first-order chi connectivity index (χ1) is 9.83. The van der Waals surface area contributed by atoms with Gasteiger partial charge in [-0.15, -0.1) is 0 Å². The maximum absolute atomic E-state index is 12.4. The van der Waals surface area contributed by atoms with Gasteiger partial charge in [-0.1, -0.05) is 13.3 Å². The van der Waals surface area contributed by atoms with Gasteiger partial charge in [0.05, 0.1) is 0 Å². The van der Waals surface area contributed by atoms with Crippen LogP contribution in [0.25, 0.3) is 0 Å². The number of piperazine rings is 1. The Morgan fingerprint density at radius 1 is 1.33 bits per heavy atom. The first kappa shape index (κ1) is 16.5. The van der Waals surface area contributed by atoms with Crippen LogP contribution in [0.15, 0.2) is 0 Å². The molecule has 0 radical (unpaired) electrons. The standard InChI is InChI=1S/C13H19F3N2O2S/c1-2-3-9-12(20)18(6-7-21-13(14,15)16)10(8-4-5-8)11(19)17-9/h8-10H,2-7H2,1H3,(H,17,19). The maximum atomic E-state index is 12.4. The van der Waals surface area contributed by atoms with Crippen LogP contribution < -0.4 is 5.32 Å². The van der Waals surface area contributed by atoms with Gasteiger partial charge in [0.25, 0.3) is 0 Å². The van der Waals surface area contributed by atoms with Crippen molar-refractivity contribution in [1.29, 1.82) is 0 Å². The Kier molecular flexibility index (Phi) is 5.06. The van der Waals surface area contributed by atoms with E-state index in [1.807, 2.05) is 6.92 Å². The van der Waals surface area contributed by atoms with Gasteiger partial charge in [0, 0.05) is 12.3 Å². The summed E-state index contributed by atoms with van der Waals surface area (Å²) in [7, 11) is 0. The molecule has 2 aliphatic rings. The number of rotatable bonds is 6. The summed E-state index contributed by atoms with van der Waals surface area (Å²) < 4.78 is 36.7. The summed E-state index contributed by atoms with van der Waals surface area (Å²) in [5, 5.41) is 2.72. The number of hydrogen-bond acceptors (Lipinski definition) is 3. The van der Waals surface area contributed by atoms with E-state index < -0.39 is 17.6 Å². The van der Waals surface area contributed by atoms with Crippen molar-refractivity contribution in [2.24, 2.45) is 5.92 Å². The van der Waals surface area contributed by atoms with Crippen LogP contribution >= 0.6 is 11.8 Å². The molecule has 0 aromatic heterocycles. The normalized spacial score (nSPS) is 27.0. The van der Waals surface area contributed by atoms with Gasteiger partial charge in [0.2, 0.25) is 11.8 Å². The lowest BCUT2D eigenvalue weighted by Crippen LogP contribution is -2.64. The highest BCUT2D eigenvalue weighted by Gasteiger charge is 2.47. The average Bonchev–Trinajstić information content (AvgIpc) is 3.18. The molecular weight excluding hydrogens is 305 g/mol. The van der Waals surface area contributed by atoms with Crippen LogP contribution in [0, 0.1) is 5.92 Å². The summed E-state index contributed by atoms with van der Waals surface area (Å²) in [4.78, 5) is 25.9. The quantitative estimate of drug-likeness (QED) is 0.814. The number of halogens is 3. The summed E-state index contributed by atoms with van der Waals surface area (Å²) >= 11 is -0.146. The second kappa shape index (κ2) is 6.46. The Balaban J connectivity index is 2.03. The monoisotopic (exact) mass is 324 g/mol. The van der Waals surface area contributed by atoms with Crippen LogP contribution in [0.2, 0.25) is 0 Å². The minimum absolute atomic E-state index is 0.0299. The fraction of sp³-hybridized carbons (Fsp3) is 0.846. The van der Waals surface area contributed by atoms with Gasteiger partial charge in [0.15, 0.2) is 0 Å². The van der Waals surface area contributed by atoms with Crippen molar-refractivity contribution in [3.8, 4) is 0 Å². The van der Waals surface area contributed by atoms with Crippen molar-refractivity contribution < 1.29 is 22.8 Å². The maximum Gasteiger partial charge on any atom is 0.441 e. The number of nitrogens with zero attached hydrogens (tertiary/aromatic N) is 1. The van der Waals surface area contributed by atoms with Crippen molar-refractivity contribution >= 4 is 23.6 Å². The Morgan fingerprint density at radius 3 is 2.52 bits per heavy atom. The van der Waals surface area contributed by atoms with Crippen LogP contribution in [-0.2, 0) is 9.59 Å². The van der Waals surface area contributed by atoms with Crippen LogP contribution in [0.3, 0.4) is 0 Å². The fourth-order valence-corrected chi connectivity index (χ4v) is 3.19. The van der Waals surface area contributed by atoms with E-state index in [0.717, 1.165) is 19.3 Å². The predicted molar refractivity (Wildman–Crippen MR) is 73.6 cm³/mol. The summed E-state index contributed by atoms with van der Waals surface area (Å²) in [5.74, 6) is -0.582. The van der Waals surface area contributed by atoms with E-state index in [2.05, 4.69) is 5.32 Å². The summed E-state index contributed by atoms with van der Waals surface area (Å²) in [6, 6.07) is -1.17. The number of carbonyl (C=O) groups excluding carboxylic acids is 2. The van der Waals surface area contributed by atoms with Crippen molar-refractivity contribution in [3.05, 3.63) is 0 Å². The number of amides is 2. The second-order valence-electron chi connectivity index (χ2n) is 5.46. The van der Waals surface area contributed by atoms with Crippen LogP contribution in [-0.4, -0.2) is 46.6 Å². The van der Waals surface area contributed by atoms with E-state index >= 15 is 0 Å². The van der Waals surface area contributed by atoms with Crippen molar-refractivity contribution in [3.63, 3.8) is 0 Å². The lowest BCUT2D eigenvalue weighted by atomic mass is 10.0. The van der Waals surface area contributed by atoms with Crippen LogP contribution in [0.4, 0.5) is 13.2 Å². The number of nitrogens with one attached hydrogen (secondary N) is 1. The third-order valence-electron chi connectivity index (χ3n) is 3.75. The smallest absolute Gasteiger partial charge is 0.342 e. The molecule has 2 fully saturated rings. The van der Waals surface area contributed by atoms with Gasteiger partial charge >= 0.3 is 5.51 Å². The molecule has 0 bridgehead atoms. The Bertz CT molecular complexity index is 413. The number of alkyl halides is 3. The van der Waals surface area contributed by atoms with Gasteiger partial charge in [0.1, 0.15) is 12.1 Å². The van der Waals surface area contributed by atoms with E-state index in [0.29, 0.717) is 6.42 Å². The third kappa shape index (κ3) is 4.28. The molecule has 1 heterocycles. The number of thioether (sulfide) groups is 1. The summed E-state index contributed by atoms with van der Waals surface area (Å²) in [6.45, 7) is 1.87. The Hall–Kier alpha value is -0.920. The predicted octanol–water partition coefficient (Wildman–Crippen LogP) is 2.15. The second-order valence-corrected chi connectivity index (χ2v) is 6.62. The zero-order chi connectivity index (χ0) is 15.6. The Labute approximate surface area is 125 Å². The number of carbonyl (C=O) groups is 2. The molecule has 2 amide bonds. The highest BCUT2D eigenvalue weighted by molar-refractivity contribution is 8.00. The zero-order valence-electron chi connectivity index (χ0n) is 11.8. The molecule has 1 saturated carbocycles. The van der Waals surface area contributed by atoms with Crippen molar-refractivity contribution in [2.75, 3.05) is 12.3 Å². The molecule has 0 spiro atoms. The van der Waals surface area contributed by atoms with Gasteiger partial charge in [-0.05, 0) is 36.9 Å². The van der Waals surface area contributed by atoms with Gasteiger partial charge in [-0.25, -0.2) is 0 Å². The topological polar surface area (TPSA) is 49.4 Å². The molecule has 1 aliphatic carbocycles. The molecular formula is C13H19F3N2O2S. The van der Waals surface area contributed by atoms with E-state index in [4.69, 9.17) is 0 Å². The largest absolute Gasteiger partial charge is 0.441 e. The van der Waals surface area contributed by atoms with Gasteiger partial charge in [-0.3, -0.25) is 9.59 Å². The Morgan fingerprint density at radius 2 is 2.00 bits per heavy atom. The molecule has 8 heteroatoms. The molecule has 0 aromatic rings.